The molecule has 20 heavy (non-hydrogen) atoms. The Balaban J connectivity index is 1.37. The maximum Gasteiger partial charge on any atom is 0.00700 e. The molecular formula is C19H35N. The molecular weight excluding hydrogens is 242 g/mol. The number of nitrogens with one attached hydrogen (secondary N) is 1. The van der Waals surface area contributed by atoms with Gasteiger partial charge in [0.2, 0.25) is 0 Å². The van der Waals surface area contributed by atoms with Crippen LogP contribution in [0.3, 0.4) is 0 Å². The largest absolute Gasteiger partial charge is 0.311 e. The Labute approximate surface area is 126 Å². The smallest absolute Gasteiger partial charge is 0.00700 e. The summed E-state index contributed by atoms with van der Waals surface area (Å²) in [6.45, 7) is 2.34. The second kappa shape index (κ2) is 6.81. The van der Waals surface area contributed by atoms with E-state index in [0.29, 0.717) is 0 Å². The summed E-state index contributed by atoms with van der Waals surface area (Å²) in [6.07, 6.45) is 20.8. The molecule has 1 heteroatoms. The predicted octanol–water partition coefficient (Wildman–Crippen LogP) is 5.44. The summed E-state index contributed by atoms with van der Waals surface area (Å²) >= 11 is 0. The molecule has 3 aliphatic rings. The van der Waals surface area contributed by atoms with E-state index in [9.17, 15) is 0 Å². The highest BCUT2D eigenvalue weighted by molar-refractivity contribution is 4.92. The first-order chi connectivity index (χ1) is 9.80. The number of hydrogen-bond acceptors (Lipinski definition) is 1. The zero-order valence-corrected chi connectivity index (χ0v) is 13.6. The van der Waals surface area contributed by atoms with Crippen molar-refractivity contribution in [3.05, 3.63) is 0 Å². The molecule has 3 aliphatic carbocycles. The van der Waals surface area contributed by atoms with Crippen LogP contribution in [0.25, 0.3) is 0 Å². The Kier molecular flexibility index (Phi) is 5.07. The maximum atomic E-state index is 4.03. The van der Waals surface area contributed by atoms with Crippen molar-refractivity contribution in [2.75, 3.05) is 0 Å². The van der Waals surface area contributed by atoms with Gasteiger partial charge in [-0.05, 0) is 75.5 Å². The van der Waals surface area contributed by atoms with Gasteiger partial charge in [0.05, 0.1) is 0 Å². The van der Waals surface area contributed by atoms with Crippen molar-refractivity contribution in [3.8, 4) is 0 Å². The van der Waals surface area contributed by atoms with Gasteiger partial charge in [-0.15, -0.1) is 0 Å². The van der Waals surface area contributed by atoms with Gasteiger partial charge in [0.15, 0.2) is 0 Å². The van der Waals surface area contributed by atoms with E-state index in [1.165, 1.54) is 77.0 Å². The molecule has 0 aliphatic heterocycles. The second-order valence-electron chi connectivity index (χ2n) is 8.15. The molecule has 3 fully saturated rings. The molecule has 0 saturated heterocycles. The fraction of sp³-hybridized carbons (Fsp3) is 1.00. The quantitative estimate of drug-likeness (QED) is 0.721. The molecule has 0 aromatic carbocycles. The van der Waals surface area contributed by atoms with Gasteiger partial charge >= 0.3 is 0 Å². The molecule has 1 spiro atoms. The molecule has 116 valence electrons. The van der Waals surface area contributed by atoms with Crippen molar-refractivity contribution < 1.29 is 0 Å². The first-order valence-electron chi connectivity index (χ1n) is 9.56. The van der Waals surface area contributed by atoms with Crippen LogP contribution in [0.4, 0.5) is 0 Å². The van der Waals surface area contributed by atoms with E-state index in [1.807, 2.05) is 0 Å². The minimum Gasteiger partial charge on any atom is -0.311 e. The highest BCUT2D eigenvalue weighted by Crippen LogP contribution is 2.49. The van der Waals surface area contributed by atoms with Crippen LogP contribution in [-0.2, 0) is 0 Å². The van der Waals surface area contributed by atoms with E-state index in [1.54, 1.807) is 12.8 Å². The lowest BCUT2D eigenvalue weighted by Crippen LogP contribution is -2.43. The van der Waals surface area contributed by atoms with Gasteiger partial charge in [-0.1, -0.05) is 32.6 Å². The highest BCUT2D eigenvalue weighted by atomic mass is 15.0. The van der Waals surface area contributed by atoms with Crippen LogP contribution in [0.5, 0.6) is 0 Å². The average molecular weight is 277 g/mol. The topological polar surface area (TPSA) is 12.0 Å². The Bertz CT molecular complexity index is 274. The van der Waals surface area contributed by atoms with Crippen LogP contribution in [0.1, 0.15) is 96.8 Å². The lowest BCUT2D eigenvalue weighted by atomic mass is 9.71. The molecule has 0 amide bonds. The molecule has 0 radical (unpaired) electrons. The van der Waals surface area contributed by atoms with E-state index < -0.39 is 0 Å². The zero-order chi connectivity index (χ0) is 13.8. The number of hydrogen-bond donors (Lipinski definition) is 1. The van der Waals surface area contributed by atoms with E-state index >= 15 is 0 Å². The number of rotatable bonds is 4. The molecule has 0 bridgehead atoms. The van der Waals surface area contributed by atoms with Crippen molar-refractivity contribution in [3.63, 3.8) is 0 Å². The molecule has 3 saturated carbocycles. The average Bonchev–Trinajstić information content (AvgIpc) is 2.93. The summed E-state index contributed by atoms with van der Waals surface area (Å²) in [7, 11) is 0. The summed E-state index contributed by atoms with van der Waals surface area (Å²) in [4.78, 5) is 0. The van der Waals surface area contributed by atoms with Gasteiger partial charge in [-0.2, -0.15) is 0 Å². The van der Waals surface area contributed by atoms with Crippen molar-refractivity contribution in [1.29, 1.82) is 0 Å². The fourth-order valence-electron chi connectivity index (χ4n) is 5.38. The summed E-state index contributed by atoms with van der Waals surface area (Å²) in [6, 6.07) is 1.71. The van der Waals surface area contributed by atoms with Crippen LogP contribution in [0.15, 0.2) is 0 Å². The van der Waals surface area contributed by atoms with Gasteiger partial charge in [0.1, 0.15) is 0 Å². The summed E-state index contributed by atoms with van der Waals surface area (Å²) in [5.41, 5.74) is 0.803. The molecule has 0 atom stereocenters. The standard InChI is InChI=1S/C19H35N/c1-2-5-16-6-8-17(9-7-16)20-18-10-14-19(15-11-18)12-3-4-13-19/h16-18,20H,2-15H2,1H3. The normalized spacial score (nSPS) is 34.6. The van der Waals surface area contributed by atoms with Gasteiger partial charge in [0, 0.05) is 12.1 Å². The SMILES string of the molecule is CCCC1CCC(NC2CCC3(CCCC3)CC2)CC1. The van der Waals surface area contributed by atoms with E-state index in [2.05, 4.69) is 12.2 Å². The third-order valence-electron chi connectivity index (χ3n) is 6.73. The lowest BCUT2D eigenvalue weighted by Gasteiger charge is -2.40. The van der Waals surface area contributed by atoms with Crippen LogP contribution < -0.4 is 5.32 Å². The van der Waals surface area contributed by atoms with Crippen molar-refractivity contribution in [2.24, 2.45) is 11.3 Å². The van der Waals surface area contributed by atoms with Crippen LogP contribution >= 0.6 is 0 Å². The van der Waals surface area contributed by atoms with Crippen molar-refractivity contribution in [1.82, 2.24) is 5.32 Å². The lowest BCUT2D eigenvalue weighted by molar-refractivity contribution is 0.153. The Hall–Kier alpha value is -0.0400. The van der Waals surface area contributed by atoms with Gasteiger partial charge < -0.3 is 5.32 Å². The minimum atomic E-state index is 0.803. The maximum absolute atomic E-state index is 4.03. The minimum absolute atomic E-state index is 0.803. The van der Waals surface area contributed by atoms with Crippen molar-refractivity contribution in [2.45, 2.75) is 109 Å². The van der Waals surface area contributed by atoms with Crippen LogP contribution in [0, 0.1) is 11.3 Å². The fourth-order valence-corrected chi connectivity index (χ4v) is 5.38. The molecule has 1 N–H and O–H groups in total. The molecule has 0 aromatic rings. The molecule has 0 heterocycles. The van der Waals surface area contributed by atoms with Gasteiger partial charge in [-0.3, -0.25) is 0 Å². The van der Waals surface area contributed by atoms with E-state index in [-0.39, 0.29) is 0 Å². The Morgan fingerprint density at radius 1 is 0.800 bits per heavy atom. The van der Waals surface area contributed by atoms with Gasteiger partial charge in [0.25, 0.3) is 0 Å². The Morgan fingerprint density at radius 3 is 2.00 bits per heavy atom. The molecule has 0 unspecified atom stereocenters. The van der Waals surface area contributed by atoms with Crippen LogP contribution in [-0.4, -0.2) is 12.1 Å². The van der Waals surface area contributed by atoms with Crippen molar-refractivity contribution >= 4 is 0 Å². The second-order valence-corrected chi connectivity index (χ2v) is 8.15. The predicted molar refractivity (Wildman–Crippen MR) is 86.9 cm³/mol. The molecule has 1 nitrogen and oxygen atoms in total. The first-order valence-corrected chi connectivity index (χ1v) is 9.56. The van der Waals surface area contributed by atoms with Crippen LogP contribution in [0.2, 0.25) is 0 Å². The monoisotopic (exact) mass is 277 g/mol. The first kappa shape index (κ1) is 14.9. The van der Waals surface area contributed by atoms with E-state index in [0.717, 1.165) is 23.4 Å². The highest BCUT2D eigenvalue weighted by Gasteiger charge is 2.37. The summed E-state index contributed by atoms with van der Waals surface area (Å²) in [5.74, 6) is 1.05. The Morgan fingerprint density at radius 2 is 1.40 bits per heavy atom. The van der Waals surface area contributed by atoms with E-state index in [4.69, 9.17) is 0 Å². The third kappa shape index (κ3) is 3.59. The molecule has 0 aromatic heterocycles. The summed E-state index contributed by atoms with van der Waals surface area (Å²) in [5, 5.41) is 4.03. The third-order valence-corrected chi connectivity index (χ3v) is 6.73. The van der Waals surface area contributed by atoms with Gasteiger partial charge in [-0.25, -0.2) is 0 Å². The zero-order valence-electron chi connectivity index (χ0n) is 13.6. The summed E-state index contributed by atoms with van der Waals surface area (Å²) < 4.78 is 0. The molecule has 3 rings (SSSR count).